The van der Waals surface area contributed by atoms with E-state index >= 15 is 0 Å². The van der Waals surface area contributed by atoms with E-state index in [1.54, 1.807) is 18.2 Å². The van der Waals surface area contributed by atoms with E-state index in [1.165, 1.54) is 0 Å². The molecule has 1 rings (SSSR count). The fourth-order valence-corrected chi connectivity index (χ4v) is 1.93. The standard InChI is InChI=1S/C18H26N2O3/c1-4-16(21)9-10-19-18(23)15-7-5-14(6-8-15)12-20-17(22)11-13(2)3/h5-8,11,16,21H,4,9-10,12H2,1-3H3,(H,19,23)(H,20,22). The lowest BCUT2D eigenvalue weighted by molar-refractivity contribution is -0.116. The molecular weight excluding hydrogens is 292 g/mol. The Morgan fingerprint density at radius 3 is 2.39 bits per heavy atom. The van der Waals surface area contributed by atoms with Gasteiger partial charge in [0, 0.05) is 24.7 Å². The molecule has 23 heavy (non-hydrogen) atoms. The summed E-state index contributed by atoms with van der Waals surface area (Å²) in [6.45, 7) is 6.52. The predicted octanol–water partition coefficient (Wildman–Crippen LogP) is 2.16. The number of carbonyl (C=O) groups is 2. The quantitative estimate of drug-likeness (QED) is 0.643. The number of hydrogen-bond donors (Lipinski definition) is 3. The van der Waals surface area contributed by atoms with Gasteiger partial charge in [-0.1, -0.05) is 24.6 Å². The van der Waals surface area contributed by atoms with Crippen molar-refractivity contribution in [1.29, 1.82) is 0 Å². The molecule has 0 aromatic heterocycles. The Morgan fingerprint density at radius 2 is 1.83 bits per heavy atom. The maximum Gasteiger partial charge on any atom is 0.251 e. The Labute approximate surface area is 137 Å². The highest BCUT2D eigenvalue weighted by molar-refractivity contribution is 5.94. The first-order chi connectivity index (χ1) is 10.9. The molecular formula is C18H26N2O3. The molecule has 126 valence electrons. The van der Waals surface area contributed by atoms with Crippen molar-refractivity contribution in [2.75, 3.05) is 6.54 Å². The van der Waals surface area contributed by atoms with Crippen molar-refractivity contribution in [3.8, 4) is 0 Å². The van der Waals surface area contributed by atoms with Crippen LogP contribution in [0.3, 0.4) is 0 Å². The molecule has 0 bridgehead atoms. The average molecular weight is 318 g/mol. The van der Waals surface area contributed by atoms with Crippen molar-refractivity contribution < 1.29 is 14.7 Å². The van der Waals surface area contributed by atoms with E-state index in [2.05, 4.69) is 10.6 Å². The molecule has 0 aliphatic heterocycles. The van der Waals surface area contributed by atoms with Gasteiger partial charge in [-0.15, -0.1) is 0 Å². The molecule has 2 amide bonds. The molecule has 0 radical (unpaired) electrons. The summed E-state index contributed by atoms with van der Waals surface area (Å²) in [5.74, 6) is -0.283. The van der Waals surface area contributed by atoms with E-state index in [1.807, 2.05) is 32.9 Å². The van der Waals surface area contributed by atoms with Crippen LogP contribution in [-0.4, -0.2) is 29.6 Å². The molecule has 5 heteroatoms. The minimum atomic E-state index is -0.373. The molecule has 1 atom stereocenters. The summed E-state index contributed by atoms with van der Waals surface area (Å²) in [5.41, 5.74) is 2.44. The van der Waals surface area contributed by atoms with Crippen LogP contribution in [0.25, 0.3) is 0 Å². The highest BCUT2D eigenvalue weighted by Gasteiger charge is 2.06. The van der Waals surface area contributed by atoms with E-state index in [0.717, 1.165) is 11.1 Å². The second kappa shape index (κ2) is 9.79. The van der Waals surface area contributed by atoms with Crippen molar-refractivity contribution in [2.24, 2.45) is 0 Å². The van der Waals surface area contributed by atoms with Crippen LogP contribution in [0.4, 0.5) is 0 Å². The molecule has 0 fully saturated rings. The van der Waals surface area contributed by atoms with Crippen LogP contribution in [0.2, 0.25) is 0 Å². The molecule has 0 spiro atoms. The Morgan fingerprint density at radius 1 is 1.17 bits per heavy atom. The van der Waals surface area contributed by atoms with Crippen LogP contribution >= 0.6 is 0 Å². The normalized spacial score (nSPS) is 11.5. The topological polar surface area (TPSA) is 78.4 Å². The van der Waals surface area contributed by atoms with Gasteiger partial charge >= 0.3 is 0 Å². The maximum atomic E-state index is 11.9. The van der Waals surface area contributed by atoms with Gasteiger partial charge in [0.25, 0.3) is 5.91 Å². The lowest BCUT2D eigenvalue weighted by Crippen LogP contribution is -2.27. The smallest absolute Gasteiger partial charge is 0.251 e. The zero-order valence-corrected chi connectivity index (χ0v) is 14.1. The van der Waals surface area contributed by atoms with Crippen molar-refractivity contribution in [3.63, 3.8) is 0 Å². The molecule has 0 aliphatic rings. The fraction of sp³-hybridized carbons (Fsp3) is 0.444. The van der Waals surface area contributed by atoms with Gasteiger partial charge in [-0.05, 0) is 44.4 Å². The zero-order valence-electron chi connectivity index (χ0n) is 14.1. The van der Waals surface area contributed by atoms with Gasteiger partial charge in [-0.25, -0.2) is 0 Å². The first kappa shape index (κ1) is 18.9. The van der Waals surface area contributed by atoms with Gasteiger partial charge in [0.15, 0.2) is 0 Å². The molecule has 0 saturated carbocycles. The van der Waals surface area contributed by atoms with Crippen LogP contribution in [0.1, 0.15) is 49.5 Å². The monoisotopic (exact) mass is 318 g/mol. The van der Waals surface area contributed by atoms with Crippen LogP contribution < -0.4 is 10.6 Å². The lowest BCUT2D eigenvalue weighted by Gasteiger charge is -2.09. The first-order valence-corrected chi connectivity index (χ1v) is 7.90. The summed E-state index contributed by atoms with van der Waals surface area (Å²) in [6, 6.07) is 7.10. The number of aliphatic hydroxyl groups excluding tert-OH is 1. The third kappa shape index (κ3) is 7.61. The van der Waals surface area contributed by atoms with Gasteiger partial charge < -0.3 is 15.7 Å². The predicted molar refractivity (Wildman–Crippen MR) is 91.0 cm³/mol. The minimum Gasteiger partial charge on any atom is -0.393 e. The molecule has 1 unspecified atom stereocenters. The number of nitrogens with one attached hydrogen (secondary N) is 2. The maximum absolute atomic E-state index is 11.9. The summed E-state index contributed by atoms with van der Waals surface area (Å²) >= 11 is 0. The third-order valence-corrected chi connectivity index (χ3v) is 3.34. The summed E-state index contributed by atoms with van der Waals surface area (Å²) in [6.07, 6.45) is 2.41. The number of benzene rings is 1. The third-order valence-electron chi connectivity index (χ3n) is 3.34. The molecule has 0 aliphatic carbocycles. The molecule has 0 saturated heterocycles. The number of allylic oxidation sites excluding steroid dienone is 1. The number of carbonyl (C=O) groups excluding carboxylic acids is 2. The van der Waals surface area contributed by atoms with E-state index in [0.29, 0.717) is 31.5 Å². The Bertz CT molecular complexity index is 546. The Kier molecular flexibility index (Phi) is 8.05. The lowest BCUT2D eigenvalue weighted by atomic mass is 10.1. The second-order valence-corrected chi connectivity index (χ2v) is 5.74. The van der Waals surface area contributed by atoms with E-state index in [-0.39, 0.29) is 17.9 Å². The second-order valence-electron chi connectivity index (χ2n) is 5.74. The number of amides is 2. The molecule has 3 N–H and O–H groups in total. The SMILES string of the molecule is CCC(O)CCNC(=O)c1ccc(CNC(=O)C=C(C)C)cc1. The highest BCUT2D eigenvalue weighted by Crippen LogP contribution is 2.05. The average Bonchev–Trinajstić information content (AvgIpc) is 2.52. The Balaban J connectivity index is 2.45. The summed E-state index contributed by atoms with van der Waals surface area (Å²) in [7, 11) is 0. The van der Waals surface area contributed by atoms with Crippen molar-refractivity contribution >= 4 is 11.8 Å². The first-order valence-electron chi connectivity index (χ1n) is 7.90. The van der Waals surface area contributed by atoms with Gasteiger partial charge in [0.05, 0.1) is 6.10 Å². The highest BCUT2D eigenvalue weighted by atomic mass is 16.3. The summed E-state index contributed by atoms with van der Waals surface area (Å²) in [4.78, 5) is 23.5. The zero-order chi connectivity index (χ0) is 17.2. The van der Waals surface area contributed by atoms with Crippen molar-refractivity contribution in [3.05, 3.63) is 47.0 Å². The summed E-state index contributed by atoms with van der Waals surface area (Å²) < 4.78 is 0. The number of hydrogen-bond acceptors (Lipinski definition) is 3. The van der Waals surface area contributed by atoms with E-state index in [4.69, 9.17) is 0 Å². The van der Waals surface area contributed by atoms with Gasteiger partial charge in [0.1, 0.15) is 0 Å². The molecule has 1 aromatic carbocycles. The van der Waals surface area contributed by atoms with E-state index < -0.39 is 0 Å². The number of rotatable bonds is 8. The summed E-state index contributed by atoms with van der Waals surface area (Å²) in [5, 5.41) is 15.0. The number of aliphatic hydroxyl groups is 1. The van der Waals surface area contributed by atoms with Crippen LogP contribution in [0.5, 0.6) is 0 Å². The van der Waals surface area contributed by atoms with Crippen molar-refractivity contribution in [1.82, 2.24) is 10.6 Å². The molecule has 1 aromatic rings. The van der Waals surface area contributed by atoms with Gasteiger partial charge in [0.2, 0.25) is 5.91 Å². The van der Waals surface area contributed by atoms with Crippen LogP contribution in [-0.2, 0) is 11.3 Å². The van der Waals surface area contributed by atoms with Gasteiger partial charge in [-0.2, -0.15) is 0 Å². The van der Waals surface area contributed by atoms with Crippen LogP contribution in [0.15, 0.2) is 35.9 Å². The minimum absolute atomic E-state index is 0.124. The molecule has 5 nitrogen and oxygen atoms in total. The van der Waals surface area contributed by atoms with Gasteiger partial charge in [-0.3, -0.25) is 9.59 Å². The largest absolute Gasteiger partial charge is 0.393 e. The Hall–Kier alpha value is -2.14. The van der Waals surface area contributed by atoms with Crippen molar-refractivity contribution in [2.45, 2.75) is 46.3 Å². The fourth-order valence-electron chi connectivity index (χ4n) is 1.93. The van der Waals surface area contributed by atoms with E-state index in [9.17, 15) is 14.7 Å². The molecule has 0 heterocycles. The van der Waals surface area contributed by atoms with Crippen LogP contribution in [0, 0.1) is 0 Å².